The third-order valence-corrected chi connectivity index (χ3v) is 4.51. The lowest BCUT2D eigenvalue weighted by atomic mass is 10.1. The van der Waals surface area contributed by atoms with E-state index in [0.29, 0.717) is 25.6 Å². The summed E-state index contributed by atoms with van der Waals surface area (Å²) in [6, 6.07) is 0. The SMILES string of the molecule is COCCC(C)CCOC(=O)CCCC(=O)OCCCCCCCCCl. The largest absolute Gasteiger partial charge is 0.466 e. The van der Waals surface area contributed by atoms with Gasteiger partial charge in [0.2, 0.25) is 0 Å². The second-order valence-electron chi connectivity index (χ2n) is 6.78. The highest BCUT2D eigenvalue weighted by Gasteiger charge is 2.08. The Morgan fingerprint density at radius 1 is 0.769 bits per heavy atom. The van der Waals surface area contributed by atoms with E-state index in [1.807, 2.05) is 0 Å². The third kappa shape index (κ3) is 18.0. The summed E-state index contributed by atoms with van der Waals surface area (Å²) in [5, 5.41) is 0. The fourth-order valence-electron chi connectivity index (χ4n) is 2.45. The number of carbonyl (C=O) groups is 2. The maximum absolute atomic E-state index is 11.6. The predicted molar refractivity (Wildman–Crippen MR) is 104 cm³/mol. The number of unbranched alkanes of at least 4 members (excludes halogenated alkanes) is 5. The van der Waals surface area contributed by atoms with Gasteiger partial charge in [-0.25, -0.2) is 0 Å². The summed E-state index contributed by atoms with van der Waals surface area (Å²) in [7, 11) is 1.68. The lowest BCUT2D eigenvalue weighted by Crippen LogP contribution is -2.11. The number of hydrogen-bond donors (Lipinski definition) is 0. The van der Waals surface area contributed by atoms with Crippen LogP contribution < -0.4 is 0 Å². The molecule has 154 valence electrons. The number of rotatable bonds is 18. The molecule has 1 atom stereocenters. The lowest BCUT2D eigenvalue weighted by molar-refractivity contribution is -0.145. The van der Waals surface area contributed by atoms with Crippen molar-refractivity contribution in [3.8, 4) is 0 Å². The minimum absolute atomic E-state index is 0.229. The second-order valence-corrected chi connectivity index (χ2v) is 7.16. The minimum Gasteiger partial charge on any atom is -0.466 e. The van der Waals surface area contributed by atoms with Crippen LogP contribution in [0.5, 0.6) is 0 Å². The highest BCUT2D eigenvalue weighted by atomic mass is 35.5. The van der Waals surface area contributed by atoms with Gasteiger partial charge in [-0.2, -0.15) is 0 Å². The summed E-state index contributed by atoms with van der Waals surface area (Å²) in [6.45, 7) is 3.74. The lowest BCUT2D eigenvalue weighted by Gasteiger charge is -2.11. The molecule has 0 fully saturated rings. The van der Waals surface area contributed by atoms with Crippen LogP contribution in [0.25, 0.3) is 0 Å². The van der Waals surface area contributed by atoms with Crippen molar-refractivity contribution >= 4 is 23.5 Å². The number of methoxy groups -OCH3 is 1. The Kier molecular flexibility index (Phi) is 18.4. The van der Waals surface area contributed by atoms with Crippen molar-refractivity contribution in [2.45, 2.75) is 77.6 Å². The van der Waals surface area contributed by atoms with Gasteiger partial charge in [-0.3, -0.25) is 9.59 Å². The molecule has 0 aromatic carbocycles. The van der Waals surface area contributed by atoms with E-state index in [0.717, 1.165) is 51.0 Å². The normalized spacial score (nSPS) is 12.0. The van der Waals surface area contributed by atoms with Gasteiger partial charge < -0.3 is 14.2 Å². The molecule has 0 aromatic heterocycles. The first-order chi connectivity index (χ1) is 12.6. The molecule has 0 heterocycles. The van der Waals surface area contributed by atoms with E-state index in [-0.39, 0.29) is 24.8 Å². The molecule has 0 rings (SSSR count). The second kappa shape index (κ2) is 19.0. The Bertz CT molecular complexity index is 349. The first-order valence-corrected chi connectivity index (χ1v) is 10.5. The van der Waals surface area contributed by atoms with E-state index in [2.05, 4.69) is 6.92 Å². The Balaban J connectivity index is 3.42. The van der Waals surface area contributed by atoms with Crippen molar-refractivity contribution in [2.24, 2.45) is 5.92 Å². The summed E-state index contributed by atoms with van der Waals surface area (Å²) < 4.78 is 15.4. The molecule has 26 heavy (non-hydrogen) atoms. The molecule has 0 N–H and O–H groups in total. The topological polar surface area (TPSA) is 61.8 Å². The first kappa shape index (κ1) is 25.2. The van der Waals surface area contributed by atoms with Crippen LogP contribution in [0.1, 0.15) is 77.6 Å². The molecule has 1 unspecified atom stereocenters. The van der Waals surface area contributed by atoms with Crippen LogP contribution in [0.2, 0.25) is 0 Å². The predicted octanol–water partition coefficient (Wildman–Crippen LogP) is 4.89. The highest BCUT2D eigenvalue weighted by Crippen LogP contribution is 2.09. The zero-order valence-electron chi connectivity index (χ0n) is 16.6. The van der Waals surface area contributed by atoms with E-state index in [1.165, 1.54) is 12.8 Å². The number of carbonyl (C=O) groups excluding carboxylic acids is 2. The van der Waals surface area contributed by atoms with Crippen molar-refractivity contribution in [1.29, 1.82) is 0 Å². The summed E-state index contributed by atoms with van der Waals surface area (Å²) in [4.78, 5) is 23.2. The van der Waals surface area contributed by atoms with E-state index >= 15 is 0 Å². The molecule has 0 radical (unpaired) electrons. The molecule has 0 aliphatic heterocycles. The van der Waals surface area contributed by atoms with Crippen molar-refractivity contribution in [2.75, 3.05) is 32.8 Å². The van der Waals surface area contributed by atoms with Gasteiger partial charge in [0.15, 0.2) is 0 Å². The van der Waals surface area contributed by atoms with Gasteiger partial charge in [-0.05, 0) is 38.0 Å². The molecule has 0 bridgehead atoms. The van der Waals surface area contributed by atoms with E-state index in [9.17, 15) is 9.59 Å². The van der Waals surface area contributed by atoms with E-state index in [4.69, 9.17) is 25.8 Å². The summed E-state index contributed by atoms with van der Waals surface area (Å²) >= 11 is 5.62. The summed E-state index contributed by atoms with van der Waals surface area (Å²) in [6.07, 6.45) is 9.39. The minimum atomic E-state index is -0.242. The van der Waals surface area contributed by atoms with Crippen molar-refractivity contribution < 1.29 is 23.8 Å². The van der Waals surface area contributed by atoms with Gasteiger partial charge in [0.25, 0.3) is 0 Å². The van der Waals surface area contributed by atoms with Gasteiger partial charge in [0, 0.05) is 32.4 Å². The quantitative estimate of drug-likeness (QED) is 0.189. The molecule has 0 aliphatic carbocycles. The van der Waals surface area contributed by atoms with Crippen LogP contribution in [-0.4, -0.2) is 44.7 Å². The van der Waals surface area contributed by atoms with Gasteiger partial charge in [0.05, 0.1) is 13.2 Å². The van der Waals surface area contributed by atoms with Gasteiger partial charge in [0.1, 0.15) is 0 Å². The molecule has 6 heteroatoms. The molecule has 0 aliphatic rings. The molecule has 0 saturated heterocycles. The molecule has 0 saturated carbocycles. The Labute approximate surface area is 164 Å². The maximum Gasteiger partial charge on any atom is 0.305 e. The molecular formula is C20H37ClO5. The number of alkyl halides is 1. The maximum atomic E-state index is 11.6. The number of esters is 2. The van der Waals surface area contributed by atoms with Crippen molar-refractivity contribution in [3.05, 3.63) is 0 Å². The summed E-state index contributed by atoms with van der Waals surface area (Å²) in [5.74, 6) is 0.735. The number of hydrogen-bond acceptors (Lipinski definition) is 5. The highest BCUT2D eigenvalue weighted by molar-refractivity contribution is 6.17. The summed E-state index contributed by atoms with van der Waals surface area (Å²) in [5.41, 5.74) is 0. The average molecular weight is 393 g/mol. The first-order valence-electron chi connectivity index (χ1n) is 9.96. The third-order valence-electron chi connectivity index (χ3n) is 4.24. The van der Waals surface area contributed by atoms with Crippen LogP contribution in [0.4, 0.5) is 0 Å². The fraction of sp³-hybridized carbons (Fsp3) is 0.900. The zero-order chi connectivity index (χ0) is 19.5. The number of halogens is 1. The molecule has 5 nitrogen and oxygen atoms in total. The molecule has 0 spiro atoms. The fourth-order valence-corrected chi connectivity index (χ4v) is 2.64. The Morgan fingerprint density at radius 3 is 1.92 bits per heavy atom. The Morgan fingerprint density at radius 2 is 1.31 bits per heavy atom. The monoisotopic (exact) mass is 392 g/mol. The van der Waals surface area contributed by atoms with Crippen molar-refractivity contribution in [1.82, 2.24) is 0 Å². The van der Waals surface area contributed by atoms with Crippen LogP contribution in [0.15, 0.2) is 0 Å². The standard InChI is InChI=1S/C20H37ClO5/c1-18(12-16-24-2)13-17-26-20(23)11-9-10-19(22)25-15-8-6-4-3-5-7-14-21/h18H,3-17H2,1-2H3. The Hall–Kier alpha value is -0.810. The van der Waals surface area contributed by atoms with Gasteiger partial charge in [-0.1, -0.05) is 32.6 Å². The van der Waals surface area contributed by atoms with Crippen LogP contribution >= 0.6 is 11.6 Å². The van der Waals surface area contributed by atoms with Crippen LogP contribution in [0, 0.1) is 5.92 Å². The number of ether oxygens (including phenoxy) is 3. The van der Waals surface area contributed by atoms with Gasteiger partial charge >= 0.3 is 11.9 Å². The van der Waals surface area contributed by atoms with Crippen molar-refractivity contribution in [3.63, 3.8) is 0 Å². The van der Waals surface area contributed by atoms with Crippen LogP contribution in [0.3, 0.4) is 0 Å². The molecular weight excluding hydrogens is 356 g/mol. The smallest absolute Gasteiger partial charge is 0.305 e. The van der Waals surface area contributed by atoms with Crippen LogP contribution in [-0.2, 0) is 23.8 Å². The molecule has 0 amide bonds. The van der Waals surface area contributed by atoms with E-state index < -0.39 is 0 Å². The average Bonchev–Trinajstić information content (AvgIpc) is 2.62. The molecule has 0 aromatic rings. The van der Waals surface area contributed by atoms with E-state index in [1.54, 1.807) is 7.11 Å². The zero-order valence-corrected chi connectivity index (χ0v) is 17.4. The van der Waals surface area contributed by atoms with Gasteiger partial charge in [-0.15, -0.1) is 11.6 Å².